The maximum atomic E-state index is 12.3. The molecule has 1 aliphatic carbocycles. The molecule has 0 aliphatic heterocycles. The van der Waals surface area contributed by atoms with E-state index in [2.05, 4.69) is 10.3 Å². The van der Waals surface area contributed by atoms with E-state index >= 15 is 0 Å². The largest absolute Gasteiger partial charge is 0.506 e. The molecule has 0 heterocycles. The van der Waals surface area contributed by atoms with Gasteiger partial charge >= 0.3 is 0 Å². The highest BCUT2D eigenvalue weighted by Gasteiger charge is 2.24. The molecule has 0 amide bonds. The molecule has 6 N–H and O–H groups in total. The highest BCUT2D eigenvalue weighted by Crippen LogP contribution is 2.25. The smallest absolute Gasteiger partial charge is 0.208 e. The second kappa shape index (κ2) is 6.52. The first kappa shape index (κ1) is 16.3. The standard InChI is InChI=1S/C19H18N4O2/c1-11-18(22-14-6-2-12(20)3-7-14)16(24)10-17(25)19(11)23-15-8-4-13(21)5-9-15/h2-10,22,24H,20-21H2,1H3. The molecule has 1 aliphatic rings. The number of allylic oxidation sites excluding steroid dienone is 2. The zero-order valence-corrected chi connectivity index (χ0v) is 13.7. The molecular formula is C19H18N4O2. The zero-order valence-electron chi connectivity index (χ0n) is 13.7. The van der Waals surface area contributed by atoms with Crippen LogP contribution in [0.15, 0.2) is 76.6 Å². The van der Waals surface area contributed by atoms with E-state index in [9.17, 15) is 9.90 Å². The van der Waals surface area contributed by atoms with Crippen molar-refractivity contribution < 1.29 is 9.90 Å². The van der Waals surface area contributed by atoms with Crippen LogP contribution in [-0.2, 0) is 4.79 Å². The van der Waals surface area contributed by atoms with Crippen LogP contribution in [0.4, 0.5) is 22.7 Å². The molecule has 0 bridgehead atoms. The van der Waals surface area contributed by atoms with Crippen LogP contribution in [0.5, 0.6) is 0 Å². The number of rotatable bonds is 3. The van der Waals surface area contributed by atoms with Crippen molar-refractivity contribution in [2.24, 2.45) is 4.99 Å². The fourth-order valence-corrected chi connectivity index (χ4v) is 2.45. The van der Waals surface area contributed by atoms with E-state index in [0.717, 1.165) is 11.8 Å². The second-order valence-electron chi connectivity index (χ2n) is 5.69. The summed E-state index contributed by atoms with van der Waals surface area (Å²) in [5, 5.41) is 13.3. The van der Waals surface area contributed by atoms with Gasteiger partial charge in [-0.05, 0) is 55.5 Å². The summed E-state index contributed by atoms with van der Waals surface area (Å²) >= 11 is 0. The highest BCUT2D eigenvalue weighted by molar-refractivity contribution is 6.51. The van der Waals surface area contributed by atoms with E-state index in [-0.39, 0.29) is 17.3 Å². The summed E-state index contributed by atoms with van der Waals surface area (Å²) in [6, 6.07) is 14.0. The molecule has 0 atom stereocenters. The summed E-state index contributed by atoms with van der Waals surface area (Å²) in [6.45, 7) is 1.73. The van der Waals surface area contributed by atoms with Gasteiger partial charge in [-0.25, -0.2) is 4.99 Å². The predicted molar refractivity (Wildman–Crippen MR) is 101 cm³/mol. The number of anilines is 3. The molecule has 3 rings (SSSR count). The van der Waals surface area contributed by atoms with Crippen molar-refractivity contribution >= 4 is 34.2 Å². The molecule has 2 aromatic carbocycles. The SMILES string of the molecule is CC1=C(Nc2ccc(N)cc2)C(O)=CC(=O)C1=Nc1ccc(N)cc1. The van der Waals surface area contributed by atoms with Crippen LogP contribution < -0.4 is 16.8 Å². The van der Waals surface area contributed by atoms with Crippen molar-refractivity contribution in [3.05, 3.63) is 71.6 Å². The lowest BCUT2D eigenvalue weighted by Crippen LogP contribution is -2.23. The molecule has 0 spiro atoms. The minimum absolute atomic E-state index is 0.129. The maximum absolute atomic E-state index is 12.3. The Morgan fingerprint density at radius 3 is 2.12 bits per heavy atom. The average molecular weight is 334 g/mol. The van der Waals surface area contributed by atoms with E-state index in [0.29, 0.717) is 28.3 Å². The lowest BCUT2D eigenvalue weighted by Gasteiger charge is -2.19. The summed E-state index contributed by atoms with van der Waals surface area (Å²) in [7, 11) is 0. The zero-order chi connectivity index (χ0) is 18.0. The lowest BCUT2D eigenvalue weighted by atomic mass is 9.98. The number of hydrogen-bond acceptors (Lipinski definition) is 6. The minimum atomic E-state index is -0.352. The second-order valence-corrected chi connectivity index (χ2v) is 5.69. The minimum Gasteiger partial charge on any atom is -0.506 e. The van der Waals surface area contributed by atoms with Crippen molar-refractivity contribution in [3.63, 3.8) is 0 Å². The molecule has 0 aromatic heterocycles. The molecule has 0 unspecified atom stereocenters. The van der Waals surface area contributed by atoms with Crippen molar-refractivity contribution in [1.29, 1.82) is 0 Å². The number of hydrogen-bond donors (Lipinski definition) is 4. The Kier molecular flexibility index (Phi) is 4.26. The number of benzene rings is 2. The molecular weight excluding hydrogens is 316 g/mol. The molecule has 0 saturated heterocycles. The molecule has 2 aromatic rings. The third-order valence-electron chi connectivity index (χ3n) is 3.80. The summed E-state index contributed by atoms with van der Waals surface area (Å²) in [5.74, 6) is -0.481. The highest BCUT2D eigenvalue weighted by atomic mass is 16.3. The van der Waals surface area contributed by atoms with Gasteiger partial charge in [0.15, 0.2) is 0 Å². The summed E-state index contributed by atoms with van der Waals surface area (Å²) in [6.07, 6.45) is 1.16. The molecule has 0 fully saturated rings. The number of aliphatic hydroxyl groups excluding tert-OH is 1. The number of ketones is 1. The molecule has 0 saturated carbocycles. The van der Waals surface area contributed by atoms with Crippen LogP contribution in [0.3, 0.4) is 0 Å². The van der Waals surface area contributed by atoms with Gasteiger partial charge in [-0.15, -0.1) is 0 Å². The van der Waals surface area contributed by atoms with Gasteiger partial charge in [0.2, 0.25) is 5.78 Å². The average Bonchev–Trinajstić information content (AvgIpc) is 2.59. The Labute approximate surface area is 145 Å². The van der Waals surface area contributed by atoms with Crippen molar-refractivity contribution in [2.45, 2.75) is 6.92 Å². The van der Waals surface area contributed by atoms with Gasteiger partial charge in [0.1, 0.15) is 11.5 Å². The third kappa shape index (κ3) is 3.53. The van der Waals surface area contributed by atoms with E-state index in [1.807, 2.05) is 0 Å². The first-order valence-electron chi connectivity index (χ1n) is 7.67. The van der Waals surface area contributed by atoms with E-state index in [1.165, 1.54) is 0 Å². The van der Waals surface area contributed by atoms with Crippen LogP contribution in [-0.4, -0.2) is 16.6 Å². The fourth-order valence-electron chi connectivity index (χ4n) is 2.45. The summed E-state index contributed by atoms with van der Waals surface area (Å²) in [5.41, 5.74) is 15.2. The van der Waals surface area contributed by atoms with Gasteiger partial charge in [0.25, 0.3) is 0 Å². The van der Waals surface area contributed by atoms with Gasteiger partial charge in [-0.3, -0.25) is 4.79 Å². The number of nitrogens with two attached hydrogens (primary N) is 2. The van der Waals surface area contributed by atoms with Crippen LogP contribution in [0.1, 0.15) is 6.92 Å². The maximum Gasteiger partial charge on any atom is 0.208 e. The van der Waals surface area contributed by atoms with Gasteiger partial charge in [0.05, 0.1) is 11.4 Å². The quantitative estimate of drug-likeness (QED) is 0.508. The van der Waals surface area contributed by atoms with Gasteiger partial charge in [-0.2, -0.15) is 0 Å². The van der Waals surface area contributed by atoms with Crippen molar-refractivity contribution in [2.75, 3.05) is 16.8 Å². The Balaban J connectivity index is 1.98. The lowest BCUT2D eigenvalue weighted by molar-refractivity contribution is -0.109. The molecule has 6 heteroatoms. The fraction of sp³-hybridized carbons (Fsp3) is 0.0526. The number of aliphatic imine (C=N–C) groups is 1. The number of nitrogens with zero attached hydrogens (tertiary/aromatic N) is 1. The first-order chi connectivity index (χ1) is 11.9. The monoisotopic (exact) mass is 334 g/mol. The Hall–Kier alpha value is -3.54. The number of nitrogens with one attached hydrogen (secondary N) is 1. The van der Waals surface area contributed by atoms with E-state index in [4.69, 9.17) is 11.5 Å². The van der Waals surface area contributed by atoms with Gasteiger partial charge < -0.3 is 21.9 Å². The van der Waals surface area contributed by atoms with Gasteiger partial charge in [-0.1, -0.05) is 0 Å². The Morgan fingerprint density at radius 1 is 0.960 bits per heavy atom. The number of carbonyl (C=O) groups excluding carboxylic acids is 1. The molecule has 6 nitrogen and oxygen atoms in total. The number of aliphatic hydroxyl groups is 1. The third-order valence-corrected chi connectivity index (χ3v) is 3.80. The van der Waals surface area contributed by atoms with Crippen LogP contribution in [0.25, 0.3) is 0 Å². The normalized spacial score (nSPS) is 16.1. The van der Waals surface area contributed by atoms with E-state index in [1.54, 1.807) is 55.5 Å². The van der Waals surface area contributed by atoms with E-state index < -0.39 is 0 Å². The number of nitrogen functional groups attached to an aromatic ring is 2. The summed E-state index contributed by atoms with van der Waals surface area (Å²) in [4.78, 5) is 16.7. The van der Waals surface area contributed by atoms with Crippen LogP contribution >= 0.6 is 0 Å². The Morgan fingerprint density at radius 2 is 1.52 bits per heavy atom. The first-order valence-corrected chi connectivity index (χ1v) is 7.67. The van der Waals surface area contributed by atoms with Crippen LogP contribution in [0.2, 0.25) is 0 Å². The van der Waals surface area contributed by atoms with Crippen molar-refractivity contribution in [1.82, 2.24) is 0 Å². The Bertz CT molecular complexity index is 907. The van der Waals surface area contributed by atoms with Crippen LogP contribution in [0, 0.1) is 0 Å². The number of carbonyl (C=O) groups is 1. The topological polar surface area (TPSA) is 114 Å². The van der Waals surface area contributed by atoms with Gasteiger partial charge in [0, 0.05) is 28.7 Å². The molecule has 126 valence electrons. The molecule has 25 heavy (non-hydrogen) atoms. The summed E-state index contributed by atoms with van der Waals surface area (Å²) < 4.78 is 0. The van der Waals surface area contributed by atoms with Crippen molar-refractivity contribution in [3.8, 4) is 0 Å². The molecule has 0 radical (unpaired) electrons. The predicted octanol–water partition coefficient (Wildman–Crippen LogP) is 3.33.